The fourth-order valence-corrected chi connectivity index (χ4v) is 4.62. The fraction of sp³-hybridized carbons (Fsp3) is 0.296. The largest absolute Gasteiger partial charge is 0.486 e. The van der Waals surface area contributed by atoms with Crippen molar-refractivity contribution in [1.29, 1.82) is 0 Å². The van der Waals surface area contributed by atoms with Crippen molar-refractivity contribution in [3.8, 4) is 16.9 Å². The van der Waals surface area contributed by atoms with Crippen LogP contribution in [-0.4, -0.2) is 35.5 Å². The van der Waals surface area contributed by atoms with E-state index in [9.17, 15) is 22.8 Å². The fourth-order valence-electron chi connectivity index (χ4n) is 4.62. The topological polar surface area (TPSA) is 77.5 Å². The number of aromatic nitrogens is 1. The van der Waals surface area contributed by atoms with Crippen LogP contribution in [0.2, 0.25) is 0 Å². The van der Waals surface area contributed by atoms with Crippen molar-refractivity contribution >= 4 is 17.4 Å². The second-order valence-corrected chi connectivity index (χ2v) is 9.12. The van der Waals surface area contributed by atoms with E-state index in [2.05, 4.69) is 10.3 Å². The number of nitrogens with one attached hydrogen (secondary N) is 1. The Morgan fingerprint density at radius 1 is 1.03 bits per heavy atom. The van der Waals surface area contributed by atoms with Crippen LogP contribution in [0, 0.1) is 6.92 Å². The van der Waals surface area contributed by atoms with Crippen LogP contribution in [0.1, 0.15) is 51.2 Å². The summed E-state index contributed by atoms with van der Waals surface area (Å²) < 4.78 is 50.7. The molecule has 1 spiro atoms. The molecule has 5 rings (SSSR count). The minimum Gasteiger partial charge on any atom is -0.486 e. The molecule has 0 unspecified atom stereocenters. The molecule has 186 valence electrons. The highest BCUT2D eigenvalue weighted by Crippen LogP contribution is 2.41. The summed E-state index contributed by atoms with van der Waals surface area (Å²) in [6, 6.07) is 12.6. The van der Waals surface area contributed by atoms with E-state index in [4.69, 9.17) is 9.47 Å². The first-order valence-electron chi connectivity index (χ1n) is 11.5. The van der Waals surface area contributed by atoms with Gasteiger partial charge in [-0.2, -0.15) is 13.2 Å². The van der Waals surface area contributed by atoms with Crippen molar-refractivity contribution in [2.75, 3.05) is 18.5 Å². The number of Topliss-reactive ketones (excluding diaryl/α,β-unsaturated/α-hetero) is 1. The third kappa shape index (κ3) is 4.70. The number of ether oxygens (including phenoxy) is 2. The first-order chi connectivity index (χ1) is 17.1. The Hall–Kier alpha value is -3.72. The zero-order valence-electron chi connectivity index (χ0n) is 19.4. The Bertz CT molecular complexity index is 1350. The van der Waals surface area contributed by atoms with Crippen molar-refractivity contribution in [2.45, 2.75) is 38.0 Å². The summed E-state index contributed by atoms with van der Waals surface area (Å²) in [5.41, 5.74) is 1.63. The molecule has 2 aliphatic heterocycles. The Kier molecular flexibility index (Phi) is 6.04. The van der Waals surface area contributed by atoms with Crippen LogP contribution in [0.4, 0.5) is 18.9 Å². The number of fused-ring (bicyclic) bond motifs is 1. The molecule has 1 amide bonds. The number of rotatable bonds is 3. The quantitative estimate of drug-likeness (QED) is 0.493. The number of anilines is 1. The summed E-state index contributed by atoms with van der Waals surface area (Å²) in [6.45, 7) is 3.00. The Morgan fingerprint density at radius 3 is 2.56 bits per heavy atom. The number of pyridine rings is 1. The highest BCUT2D eigenvalue weighted by atomic mass is 19.4. The van der Waals surface area contributed by atoms with Gasteiger partial charge in [0.15, 0.2) is 5.78 Å². The number of hydrogen-bond donors (Lipinski definition) is 1. The van der Waals surface area contributed by atoms with Gasteiger partial charge in [0.25, 0.3) is 5.91 Å². The van der Waals surface area contributed by atoms with Crippen molar-refractivity contribution in [1.82, 2.24) is 4.98 Å². The number of carbonyl (C=O) groups is 2. The van der Waals surface area contributed by atoms with Crippen LogP contribution in [0.25, 0.3) is 11.1 Å². The highest BCUT2D eigenvalue weighted by Gasteiger charge is 2.42. The van der Waals surface area contributed by atoms with E-state index in [1.807, 2.05) is 25.1 Å². The van der Waals surface area contributed by atoms with E-state index in [-0.39, 0.29) is 11.3 Å². The molecule has 36 heavy (non-hydrogen) atoms. The van der Waals surface area contributed by atoms with Gasteiger partial charge in [-0.1, -0.05) is 12.1 Å². The van der Waals surface area contributed by atoms with E-state index >= 15 is 0 Å². The predicted molar refractivity (Wildman–Crippen MR) is 126 cm³/mol. The summed E-state index contributed by atoms with van der Waals surface area (Å²) in [5.74, 6) is -0.118. The normalized spacial score (nSPS) is 16.8. The maximum absolute atomic E-state index is 13.0. The third-order valence-corrected chi connectivity index (χ3v) is 6.61. The van der Waals surface area contributed by atoms with Gasteiger partial charge in [-0.15, -0.1) is 0 Å². The molecule has 1 fully saturated rings. The van der Waals surface area contributed by atoms with Crippen molar-refractivity contribution in [3.63, 3.8) is 0 Å². The lowest BCUT2D eigenvalue weighted by Crippen LogP contribution is -2.46. The molecule has 3 aromatic rings. The van der Waals surface area contributed by atoms with Gasteiger partial charge in [-0.05, 0) is 60.0 Å². The smallest absolute Gasteiger partial charge is 0.433 e. The van der Waals surface area contributed by atoms with Crippen molar-refractivity contribution in [3.05, 3.63) is 77.1 Å². The van der Waals surface area contributed by atoms with Gasteiger partial charge in [-0.25, -0.2) is 0 Å². The van der Waals surface area contributed by atoms with Crippen LogP contribution >= 0.6 is 0 Å². The summed E-state index contributed by atoms with van der Waals surface area (Å²) in [5, 5.41) is 2.66. The molecule has 1 saturated heterocycles. The van der Waals surface area contributed by atoms with Gasteiger partial charge in [0.1, 0.15) is 17.0 Å². The average molecular weight is 496 g/mol. The monoisotopic (exact) mass is 496 g/mol. The SMILES string of the molecule is Cc1ccc(NC(=O)c2ccnc(C(F)(F)F)c2)cc1-c1ccc2c(c1)OC1(CCOCC1)CC2=O. The standard InChI is InChI=1S/C27H23F3N2O4/c1-16-2-4-19(32-25(34)18-6-9-31-24(13-18)27(28,29)30)14-21(16)17-3-5-20-22(33)15-26(36-23(20)12-17)7-10-35-11-8-26/h2-6,9,12-14H,7-8,10-11,15H2,1H3,(H,32,34). The maximum atomic E-state index is 13.0. The van der Waals surface area contributed by atoms with E-state index < -0.39 is 23.4 Å². The molecule has 3 heterocycles. The zero-order valence-corrected chi connectivity index (χ0v) is 19.4. The third-order valence-electron chi connectivity index (χ3n) is 6.61. The molecular weight excluding hydrogens is 473 g/mol. The predicted octanol–water partition coefficient (Wildman–Crippen LogP) is 5.84. The number of alkyl halides is 3. The molecule has 0 saturated carbocycles. The number of ketones is 1. The Labute approximate surface area is 205 Å². The molecular formula is C27H23F3N2O4. The van der Waals surface area contributed by atoms with Crippen LogP contribution in [-0.2, 0) is 10.9 Å². The lowest BCUT2D eigenvalue weighted by molar-refractivity contribution is -0.141. The van der Waals surface area contributed by atoms with Gasteiger partial charge in [-0.3, -0.25) is 14.6 Å². The lowest BCUT2D eigenvalue weighted by Gasteiger charge is -2.40. The minimum atomic E-state index is -4.65. The van der Waals surface area contributed by atoms with E-state index in [1.54, 1.807) is 18.2 Å². The molecule has 0 bridgehead atoms. The first-order valence-corrected chi connectivity index (χ1v) is 11.5. The molecule has 0 aliphatic carbocycles. The van der Waals surface area contributed by atoms with E-state index in [0.717, 1.165) is 22.9 Å². The summed E-state index contributed by atoms with van der Waals surface area (Å²) in [6.07, 6.45) is -2.07. The number of hydrogen-bond acceptors (Lipinski definition) is 5. The number of carbonyl (C=O) groups excluding carboxylic acids is 2. The lowest BCUT2D eigenvalue weighted by atomic mass is 9.83. The number of aryl methyl sites for hydroxylation is 1. The van der Waals surface area contributed by atoms with Crippen LogP contribution in [0.3, 0.4) is 0 Å². The summed E-state index contributed by atoms with van der Waals surface area (Å²) in [4.78, 5) is 28.8. The molecule has 1 aromatic heterocycles. The maximum Gasteiger partial charge on any atom is 0.433 e. The van der Waals surface area contributed by atoms with Gasteiger partial charge in [0, 0.05) is 30.3 Å². The minimum absolute atomic E-state index is 0.0398. The zero-order chi connectivity index (χ0) is 25.5. The number of amides is 1. The van der Waals surface area contributed by atoms with E-state index in [0.29, 0.717) is 55.5 Å². The van der Waals surface area contributed by atoms with Crippen LogP contribution in [0.5, 0.6) is 5.75 Å². The number of benzene rings is 2. The molecule has 9 heteroatoms. The second-order valence-electron chi connectivity index (χ2n) is 9.12. The Balaban J connectivity index is 1.42. The molecule has 0 radical (unpaired) electrons. The molecule has 2 aliphatic rings. The molecule has 2 aromatic carbocycles. The van der Waals surface area contributed by atoms with Gasteiger partial charge in [0.05, 0.1) is 25.2 Å². The Morgan fingerprint density at radius 2 is 1.81 bits per heavy atom. The van der Waals surface area contributed by atoms with Crippen LogP contribution < -0.4 is 10.1 Å². The van der Waals surface area contributed by atoms with Gasteiger partial charge in [0.2, 0.25) is 0 Å². The average Bonchev–Trinajstić information content (AvgIpc) is 2.85. The van der Waals surface area contributed by atoms with Gasteiger partial charge >= 0.3 is 6.18 Å². The van der Waals surface area contributed by atoms with Crippen LogP contribution in [0.15, 0.2) is 54.7 Å². The molecule has 1 N–H and O–H groups in total. The number of nitrogens with zero attached hydrogens (tertiary/aromatic N) is 1. The van der Waals surface area contributed by atoms with Gasteiger partial charge < -0.3 is 14.8 Å². The summed E-state index contributed by atoms with van der Waals surface area (Å²) in [7, 11) is 0. The molecule has 0 atom stereocenters. The van der Waals surface area contributed by atoms with Crippen molar-refractivity contribution < 1.29 is 32.2 Å². The second kappa shape index (κ2) is 9.05. The molecule has 6 nitrogen and oxygen atoms in total. The summed E-state index contributed by atoms with van der Waals surface area (Å²) >= 11 is 0. The van der Waals surface area contributed by atoms with E-state index in [1.165, 1.54) is 6.07 Å². The highest BCUT2D eigenvalue weighted by molar-refractivity contribution is 6.05. The van der Waals surface area contributed by atoms with Crippen molar-refractivity contribution in [2.24, 2.45) is 0 Å². The first kappa shape index (κ1) is 24.0. The number of halogens is 3.